The highest BCUT2D eigenvalue weighted by Gasteiger charge is 2.11. The minimum Gasteiger partial charge on any atom is -0.494 e. The third-order valence-electron chi connectivity index (χ3n) is 3.14. The number of hydrogen-bond donors (Lipinski definition) is 1. The molecule has 4 nitrogen and oxygen atoms in total. The molecule has 0 unspecified atom stereocenters. The Labute approximate surface area is 130 Å². The van der Waals surface area contributed by atoms with Gasteiger partial charge in [-0.1, -0.05) is 19.1 Å². The predicted molar refractivity (Wildman–Crippen MR) is 86.6 cm³/mol. The molecule has 0 aromatic heterocycles. The van der Waals surface area contributed by atoms with Crippen molar-refractivity contribution in [2.45, 2.75) is 20.3 Å². The number of Topliss-reactive ketones (excluding diaryl/α,β-unsaturated/α-hetero) is 1. The van der Waals surface area contributed by atoms with Gasteiger partial charge in [-0.25, -0.2) is 0 Å². The summed E-state index contributed by atoms with van der Waals surface area (Å²) in [5.41, 5.74) is 1.53. The highest BCUT2D eigenvalue weighted by molar-refractivity contribution is 6.09. The number of para-hydroxylation sites is 1. The fraction of sp³-hybridized carbons (Fsp3) is 0.222. The van der Waals surface area contributed by atoms with E-state index in [0.717, 1.165) is 12.2 Å². The summed E-state index contributed by atoms with van der Waals surface area (Å²) in [6.45, 7) is 4.16. The standard InChI is InChI=1S/C18H19NO3/c1-3-12-22-15-10-8-14(9-11-15)18(21)19-17-7-5-4-6-16(17)13(2)20/h4-11H,3,12H2,1-2H3,(H,19,21). The zero-order valence-electron chi connectivity index (χ0n) is 12.8. The first-order valence-electron chi connectivity index (χ1n) is 7.26. The first kappa shape index (κ1) is 15.8. The third kappa shape index (κ3) is 3.95. The van der Waals surface area contributed by atoms with Gasteiger partial charge in [0.15, 0.2) is 5.78 Å². The average molecular weight is 297 g/mol. The molecule has 0 spiro atoms. The lowest BCUT2D eigenvalue weighted by Crippen LogP contribution is -2.14. The van der Waals surface area contributed by atoms with Crippen LogP contribution in [0.25, 0.3) is 0 Å². The van der Waals surface area contributed by atoms with Crippen LogP contribution in [0.3, 0.4) is 0 Å². The molecule has 2 aromatic rings. The number of ketones is 1. The Hall–Kier alpha value is -2.62. The molecule has 0 aliphatic rings. The van der Waals surface area contributed by atoms with Gasteiger partial charge in [-0.2, -0.15) is 0 Å². The highest BCUT2D eigenvalue weighted by atomic mass is 16.5. The summed E-state index contributed by atoms with van der Waals surface area (Å²) in [5, 5.41) is 2.77. The number of carbonyl (C=O) groups is 2. The number of amides is 1. The molecule has 114 valence electrons. The molecule has 0 saturated heterocycles. The average Bonchev–Trinajstić information content (AvgIpc) is 2.53. The van der Waals surface area contributed by atoms with Gasteiger partial charge >= 0.3 is 0 Å². The van der Waals surface area contributed by atoms with Crippen molar-refractivity contribution in [3.05, 3.63) is 59.7 Å². The maximum absolute atomic E-state index is 12.3. The van der Waals surface area contributed by atoms with Crippen LogP contribution in [0.4, 0.5) is 5.69 Å². The molecule has 2 aromatic carbocycles. The second-order valence-electron chi connectivity index (χ2n) is 4.93. The SMILES string of the molecule is CCCOc1ccc(C(=O)Nc2ccccc2C(C)=O)cc1. The zero-order chi connectivity index (χ0) is 15.9. The smallest absolute Gasteiger partial charge is 0.255 e. The molecule has 0 heterocycles. The molecule has 0 atom stereocenters. The number of benzene rings is 2. The summed E-state index contributed by atoms with van der Waals surface area (Å²) in [7, 11) is 0. The number of ether oxygens (including phenoxy) is 1. The van der Waals surface area contributed by atoms with Crippen molar-refractivity contribution in [1.82, 2.24) is 0 Å². The Morgan fingerprint density at radius 3 is 2.36 bits per heavy atom. The Balaban J connectivity index is 2.11. The van der Waals surface area contributed by atoms with Crippen LogP contribution in [0.5, 0.6) is 5.75 Å². The minimum absolute atomic E-state index is 0.0841. The predicted octanol–water partition coefficient (Wildman–Crippen LogP) is 3.93. The normalized spacial score (nSPS) is 10.1. The highest BCUT2D eigenvalue weighted by Crippen LogP contribution is 2.18. The van der Waals surface area contributed by atoms with E-state index >= 15 is 0 Å². The maximum Gasteiger partial charge on any atom is 0.255 e. The molecule has 0 radical (unpaired) electrons. The van der Waals surface area contributed by atoms with Crippen LogP contribution in [-0.2, 0) is 0 Å². The number of carbonyl (C=O) groups excluding carboxylic acids is 2. The van der Waals surface area contributed by atoms with Gasteiger partial charge in [0, 0.05) is 11.1 Å². The molecule has 0 fully saturated rings. The number of rotatable bonds is 6. The molecular formula is C18H19NO3. The van der Waals surface area contributed by atoms with E-state index in [1.807, 2.05) is 6.92 Å². The summed E-state index contributed by atoms with van der Waals surface area (Å²) >= 11 is 0. The van der Waals surface area contributed by atoms with Gasteiger partial charge in [0.2, 0.25) is 0 Å². The van der Waals surface area contributed by atoms with Crippen LogP contribution in [0.1, 0.15) is 41.0 Å². The lowest BCUT2D eigenvalue weighted by Gasteiger charge is -2.10. The zero-order valence-corrected chi connectivity index (χ0v) is 12.8. The molecule has 0 aliphatic heterocycles. The third-order valence-corrected chi connectivity index (χ3v) is 3.14. The van der Waals surface area contributed by atoms with Crippen LogP contribution in [0.2, 0.25) is 0 Å². The summed E-state index contributed by atoms with van der Waals surface area (Å²) < 4.78 is 5.48. The quantitative estimate of drug-likeness (QED) is 0.822. The lowest BCUT2D eigenvalue weighted by molar-refractivity contribution is 0.101. The molecule has 0 aliphatic carbocycles. The summed E-state index contributed by atoms with van der Waals surface area (Å²) in [4.78, 5) is 23.8. The fourth-order valence-corrected chi connectivity index (χ4v) is 2.02. The Kier molecular flexibility index (Phi) is 5.31. The van der Waals surface area contributed by atoms with Crippen LogP contribution in [-0.4, -0.2) is 18.3 Å². The van der Waals surface area contributed by atoms with Gasteiger partial charge in [0.05, 0.1) is 12.3 Å². The number of anilines is 1. The van der Waals surface area contributed by atoms with E-state index in [1.165, 1.54) is 6.92 Å². The molecule has 1 N–H and O–H groups in total. The van der Waals surface area contributed by atoms with Gasteiger partial charge in [-0.15, -0.1) is 0 Å². The summed E-state index contributed by atoms with van der Waals surface area (Å²) in [6, 6.07) is 13.9. The lowest BCUT2D eigenvalue weighted by atomic mass is 10.1. The fourth-order valence-electron chi connectivity index (χ4n) is 2.02. The Morgan fingerprint density at radius 2 is 1.73 bits per heavy atom. The van der Waals surface area contributed by atoms with Crippen molar-refractivity contribution in [2.75, 3.05) is 11.9 Å². The topological polar surface area (TPSA) is 55.4 Å². The van der Waals surface area contributed by atoms with Crippen molar-refractivity contribution < 1.29 is 14.3 Å². The molecule has 1 amide bonds. The van der Waals surface area contributed by atoms with Crippen molar-refractivity contribution in [2.24, 2.45) is 0 Å². The van der Waals surface area contributed by atoms with Gasteiger partial charge < -0.3 is 10.1 Å². The van der Waals surface area contributed by atoms with E-state index in [4.69, 9.17) is 4.74 Å². The van der Waals surface area contributed by atoms with Crippen LogP contribution < -0.4 is 10.1 Å². The minimum atomic E-state index is -0.254. The maximum atomic E-state index is 12.3. The second-order valence-corrected chi connectivity index (χ2v) is 4.93. The molecule has 4 heteroatoms. The van der Waals surface area contributed by atoms with Crippen LogP contribution in [0.15, 0.2) is 48.5 Å². The van der Waals surface area contributed by atoms with Crippen molar-refractivity contribution >= 4 is 17.4 Å². The molecule has 22 heavy (non-hydrogen) atoms. The van der Waals surface area contributed by atoms with Crippen molar-refractivity contribution in [3.63, 3.8) is 0 Å². The van der Waals surface area contributed by atoms with Gasteiger partial charge in [-0.3, -0.25) is 9.59 Å². The van der Waals surface area contributed by atoms with Crippen LogP contribution in [0, 0.1) is 0 Å². The van der Waals surface area contributed by atoms with Crippen molar-refractivity contribution in [3.8, 4) is 5.75 Å². The first-order valence-corrected chi connectivity index (χ1v) is 7.26. The summed E-state index contributed by atoms with van der Waals surface area (Å²) in [5.74, 6) is 0.400. The van der Waals surface area contributed by atoms with E-state index in [1.54, 1.807) is 48.5 Å². The number of hydrogen-bond acceptors (Lipinski definition) is 3. The Morgan fingerprint density at radius 1 is 1.05 bits per heavy atom. The van der Waals surface area contributed by atoms with E-state index in [-0.39, 0.29) is 11.7 Å². The molecule has 2 rings (SSSR count). The molecular weight excluding hydrogens is 278 g/mol. The number of nitrogens with one attached hydrogen (secondary N) is 1. The first-order chi connectivity index (χ1) is 10.6. The molecule has 0 bridgehead atoms. The summed E-state index contributed by atoms with van der Waals surface area (Å²) in [6.07, 6.45) is 0.935. The van der Waals surface area contributed by atoms with E-state index < -0.39 is 0 Å². The van der Waals surface area contributed by atoms with Crippen LogP contribution >= 0.6 is 0 Å². The largest absolute Gasteiger partial charge is 0.494 e. The van der Waals surface area contributed by atoms with Crippen molar-refractivity contribution in [1.29, 1.82) is 0 Å². The second kappa shape index (κ2) is 7.41. The Bertz CT molecular complexity index is 662. The van der Waals surface area contributed by atoms with E-state index in [2.05, 4.69) is 5.32 Å². The van der Waals surface area contributed by atoms with E-state index in [0.29, 0.717) is 23.4 Å². The van der Waals surface area contributed by atoms with Gasteiger partial charge in [0.25, 0.3) is 5.91 Å². The van der Waals surface area contributed by atoms with E-state index in [9.17, 15) is 9.59 Å². The monoisotopic (exact) mass is 297 g/mol. The molecule has 0 saturated carbocycles. The van der Waals surface area contributed by atoms with Gasteiger partial charge in [0.1, 0.15) is 5.75 Å². The van der Waals surface area contributed by atoms with Gasteiger partial charge in [-0.05, 0) is 49.7 Å².